The summed E-state index contributed by atoms with van der Waals surface area (Å²) in [7, 11) is 0. The third kappa shape index (κ3) is 1.46. The first-order valence-electron chi connectivity index (χ1n) is 5.55. The summed E-state index contributed by atoms with van der Waals surface area (Å²) < 4.78 is 10.4. The van der Waals surface area contributed by atoms with Gasteiger partial charge in [0.1, 0.15) is 5.54 Å². The van der Waals surface area contributed by atoms with E-state index in [1.54, 1.807) is 18.2 Å². The Bertz CT molecular complexity index is 483. The molecule has 1 aromatic rings. The Morgan fingerprint density at radius 1 is 1.35 bits per heavy atom. The summed E-state index contributed by atoms with van der Waals surface area (Å²) in [6, 6.07) is 5.10. The largest absolute Gasteiger partial charge is 0.480 e. The van der Waals surface area contributed by atoms with Crippen LogP contribution in [0.4, 0.5) is 0 Å². The minimum absolute atomic E-state index is 0.0142. The van der Waals surface area contributed by atoms with Crippen LogP contribution in [0.5, 0.6) is 11.5 Å². The van der Waals surface area contributed by atoms with E-state index in [1.807, 2.05) is 0 Å². The van der Waals surface area contributed by atoms with Gasteiger partial charge in [0.05, 0.1) is 0 Å². The van der Waals surface area contributed by atoms with Gasteiger partial charge in [0.25, 0.3) is 0 Å². The predicted octanol–water partition coefficient (Wildman–Crippen LogP) is 1.06. The molecule has 17 heavy (non-hydrogen) atoms. The summed E-state index contributed by atoms with van der Waals surface area (Å²) in [4.78, 5) is 11.4. The molecule has 3 rings (SSSR count). The van der Waals surface area contributed by atoms with Crippen LogP contribution in [0.25, 0.3) is 0 Å². The first-order chi connectivity index (χ1) is 8.12. The van der Waals surface area contributed by atoms with Crippen LogP contribution in [0.15, 0.2) is 18.2 Å². The number of carboxylic acids is 1. The van der Waals surface area contributed by atoms with E-state index in [0.717, 1.165) is 12.8 Å². The van der Waals surface area contributed by atoms with Crippen LogP contribution in [0.2, 0.25) is 0 Å². The molecule has 90 valence electrons. The highest BCUT2D eigenvalue weighted by Crippen LogP contribution is 2.46. The highest BCUT2D eigenvalue weighted by atomic mass is 16.7. The van der Waals surface area contributed by atoms with Crippen LogP contribution in [-0.4, -0.2) is 17.9 Å². The van der Waals surface area contributed by atoms with E-state index in [4.69, 9.17) is 15.2 Å². The van der Waals surface area contributed by atoms with E-state index in [-0.39, 0.29) is 12.7 Å². The van der Waals surface area contributed by atoms with Crippen molar-refractivity contribution in [1.29, 1.82) is 0 Å². The monoisotopic (exact) mass is 235 g/mol. The van der Waals surface area contributed by atoms with Gasteiger partial charge in [-0.1, -0.05) is 6.07 Å². The molecular weight excluding hydrogens is 222 g/mol. The van der Waals surface area contributed by atoms with E-state index >= 15 is 0 Å². The van der Waals surface area contributed by atoms with Gasteiger partial charge in [-0.3, -0.25) is 0 Å². The number of benzene rings is 1. The molecule has 0 aromatic heterocycles. The summed E-state index contributed by atoms with van der Waals surface area (Å²) in [6.45, 7) is 0.173. The van der Waals surface area contributed by atoms with Gasteiger partial charge >= 0.3 is 5.97 Å². The lowest BCUT2D eigenvalue weighted by atomic mass is 9.86. The van der Waals surface area contributed by atoms with Crippen molar-refractivity contribution in [2.24, 2.45) is 11.7 Å². The van der Waals surface area contributed by atoms with Crippen molar-refractivity contribution in [2.45, 2.75) is 18.4 Å². The molecule has 2 aliphatic rings. The van der Waals surface area contributed by atoms with Crippen LogP contribution in [0.3, 0.4) is 0 Å². The molecule has 0 spiro atoms. The van der Waals surface area contributed by atoms with Gasteiger partial charge in [0.15, 0.2) is 11.5 Å². The maximum absolute atomic E-state index is 11.4. The summed E-state index contributed by atoms with van der Waals surface area (Å²) in [5, 5.41) is 9.35. The molecule has 1 unspecified atom stereocenters. The Kier molecular flexibility index (Phi) is 2.06. The Morgan fingerprint density at radius 3 is 2.71 bits per heavy atom. The fourth-order valence-electron chi connectivity index (χ4n) is 2.23. The molecule has 1 aliphatic heterocycles. The van der Waals surface area contributed by atoms with E-state index in [2.05, 4.69) is 0 Å². The van der Waals surface area contributed by atoms with Crippen LogP contribution in [-0.2, 0) is 10.3 Å². The zero-order valence-corrected chi connectivity index (χ0v) is 9.18. The lowest BCUT2D eigenvalue weighted by Gasteiger charge is -2.25. The van der Waals surface area contributed by atoms with Crippen molar-refractivity contribution in [3.05, 3.63) is 23.8 Å². The smallest absolute Gasteiger partial charge is 0.328 e. The highest BCUT2D eigenvalue weighted by Gasteiger charge is 2.50. The van der Waals surface area contributed by atoms with E-state index < -0.39 is 11.5 Å². The fourth-order valence-corrected chi connectivity index (χ4v) is 2.23. The first-order valence-corrected chi connectivity index (χ1v) is 5.55. The van der Waals surface area contributed by atoms with Gasteiger partial charge < -0.3 is 20.3 Å². The van der Waals surface area contributed by atoms with Crippen molar-refractivity contribution in [1.82, 2.24) is 0 Å². The number of carboxylic acid groups (broad SMARTS) is 1. The molecule has 5 heteroatoms. The molecule has 1 aromatic carbocycles. The second-order valence-corrected chi connectivity index (χ2v) is 4.52. The van der Waals surface area contributed by atoms with Crippen molar-refractivity contribution in [3.8, 4) is 11.5 Å². The molecule has 5 nitrogen and oxygen atoms in total. The number of fused-ring (bicyclic) bond motifs is 1. The number of carbonyl (C=O) groups is 1. The number of hydrogen-bond acceptors (Lipinski definition) is 4. The first kappa shape index (κ1) is 10.4. The van der Waals surface area contributed by atoms with Crippen LogP contribution >= 0.6 is 0 Å². The summed E-state index contributed by atoms with van der Waals surface area (Å²) >= 11 is 0. The van der Waals surface area contributed by atoms with Gasteiger partial charge in [0, 0.05) is 0 Å². The van der Waals surface area contributed by atoms with Crippen LogP contribution < -0.4 is 15.2 Å². The zero-order chi connectivity index (χ0) is 12.0. The highest BCUT2D eigenvalue weighted by molar-refractivity contribution is 5.82. The average molecular weight is 235 g/mol. The van der Waals surface area contributed by atoms with Gasteiger partial charge in [0.2, 0.25) is 6.79 Å². The molecule has 1 saturated carbocycles. The van der Waals surface area contributed by atoms with Crippen LogP contribution in [0, 0.1) is 5.92 Å². The Hall–Kier alpha value is -1.75. The van der Waals surface area contributed by atoms with Gasteiger partial charge in [-0.15, -0.1) is 0 Å². The maximum atomic E-state index is 11.4. The lowest BCUT2D eigenvalue weighted by Crippen LogP contribution is -2.47. The fraction of sp³-hybridized carbons (Fsp3) is 0.417. The molecule has 0 radical (unpaired) electrons. The summed E-state index contributed by atoms with van der Waals surface area (Å²) in [5.41, 5.74) is 5.34. The molecule has 1 fully saturated rings. The van der Waals surface area contributed by atoms with Crippen molar-refractivity contribution < 1.29 is 19.4 Å². The third-order valence-corrected chi connectivity index (χ3v) is 3.43. The second kappa shape index (κ2) is 3.37. The Balaban J connectivity index is 2.04. The number of hydrogen-bond donors (Lipinski definition) is 2. The second-order valence-electron chi connectivity index (χ2n) is 4.52. The topological polar surface area (TPSA) is 81.8 Å². The normalized spacial score (nSPS) is 21.0. The van der Waals surface area contributed by atoms with Crippen LogP contribution in [0.1, 0.15) is 18.4 Å². The molecule has 1 aliphatic carbocycles. The minimum atomic E-state index is -1.30. The zero-order valence-electron chi connectivity index (χ0n) is 9.18. The van der Waals surface area contributed by atoms with Crippen molar-refractivity contribution in [2.75, 3.05) is 6.79 Å². The van der Waals surface area contributed by atoms with E-state index in [9.17, 15) is 9.90 Å². The van der Waals surface area contributed by atoms with Gasteiger partial charge in [-0.25, -0.2) is 4.79 Å². The Labute approximate surface area is 98.1 Å². The molecule has 0 bridgehead atoms. The average Bonchev–Trinajstić information content (AvgIpc) is 3.06. The summed E-state index contributed by atoms with van der Waals surface area (Å²) in [5.74, 6) is 0.232. The number of aliphatic carboxylic acids is 1. The van der Waals surface area contributed by atoms with E-state index in [0.29, 0.717) is 17.1 Å². The SMILES string of the molecule is NC(C(=O)O)(c1ccc2c(c1)OCO2)C1CC1. The summed E-state index contributed by atoms with van der Waals surface area (Å²) in [6.07, 6.45) is 1.72. The van der Waals surface area contributed by atoms with E-state index in [1.165, 1.54) is 0 Å². The minimum Gasteiger partial charge on any atom is -0.480 e. The molecule has 1 heterocycles. The lowest BCUT2D eigenvalue weighted by molar-refractivity contribution is -0.144. The molecule has 0 amide bonds. The Morgan fingerprint density at radius 2 is 2.06 bits per heavy atom. The number of rotatable bonds is 3. The van der Waals surface area contributed by atoms with Crippen molar-refractivity contribution in [3.63, 3.8) is 0 Å². The van der Waals surface area contributed by atoms with Gasteiger partial charge in [-0.05, 0) is 36.5 Å². The molecular formula is C12H13NO4. The number of ether oxygens (including phenoxy) is 2. The predicted molar refractivity (Wildman–Crippen MR) is 58.8 cm³/mol. The van der Waals surface area contributed by atoms with Crippen molar-refractivity contribution >= 4 is 5.97 Å². The molecule has 0 saturated heterocycles. The maximum Gasteiger partial charge on any atom is 0.328 e. The van der Waals surface area contributed by atoms with Gasteiger partial charge in [-0.2, -0.15) is 0 Å². The molecule has 1 atom stereocenters. The number of nitrogens with two attached hydrogens (primary N) is 1. The molecule has 3 N–H and O–H groups in total. The third-order valence-electron chi connectivity index (χ3n) is 3.43. The quantitative estimate of drug-likeness (QED) is 0.818. The standard InChI is InChI=1S/C12H13NO4/c13-12(11(14)15,7-1-2-7)8-3-4-9-10(5-8)17-6-16-9/h3-5,7H,1-2,6,13H2,(H,14,15).